The van der Waals surface area contributed by atoms with Gasteiger partial charge in [0.15, 0.2) is 0 Å². The third-order valence-electron chi connectivity index (χ3n) is 6.39. The average molecular weight is 515 g/mol. The number of anilines is 1. The molecule has 202 valence electrons. The molecule has 2 amide bonds. The van der Waals surface area contributed by atoms with Gasteiger partial charge in [-0.3, -0.25) is 0 Å². The van der Waals surface area contributed by atoms with E-state index in [0.717, 1.165) is 31.2 Å². The Morgan fingerprint density at radius 3 is 2.41 bits per heavy atom. The number of benzene rings is 2. The van der Waals surface area contributed by atoms with Gasteiger partial charge < -0.3 is 24.8 Å². The number of nitrogens with zero attached hydrogens (tertiary/aromatic N) is 1. The molecule has 0 bridgehead atoms. The first-order chi connectivity index (χ1) is 17.5. The molecule has 1 saturated carbocycles. The zero-order valence-corrected chi connectivity index (χ0v) is 22.3. The molecule has 3 rings (SSSR count). The molecule has 0 heterocycles. The number of urea groups is 1. The van der Waals surface area contributed by atoms with Crippen molar-refractivity contribution in [3.63, 3.8) is 0 Å². The lowest BCUT2D eigenvalue weighted by Gasteiger charge is -2.32. The number of ether oxygens (including phenoxy) is 2. The van der Waals surface area contributed by atoms with Crippen LogP contribution >= 0.6 is 0 Å². The van der Waals surface area contributed by atoms with E-state index in [9.17, 15) is 19.1 Å². The van der Waals surface area contributed by atoms with E-state index in [1.165, 1.54) is 24.3 Å². The van der Waals surface area contributed by atoms with Crippen molar-refractivity contribution in [3.8, 4) is 0 Å². The third kappa shape index (κ3) is 9.13. The van der Waals surface area contributed by atoms with E-state index < -0.39 is 5.97 Å². The maximum atomic E-state index is 13.2. The molecule has 37 heavy (non-hydrogen) atoms. The van der Waals surface area contributed by atoms with Crippen LogP contribution in [0.5, 0.6) is 0 Å². The highest BCUT2D eigenvalue weighted by Crippen LogP contribution is 2.26. The molecule has 7 nitrogen and oxygen atoms in total. The highest BCUT2D eigenvalue weighted by molar-refractivity contribution is 5.91. The van der Waals surface area contributed by atoms with Gasteiger partial charge in [0.2, 0.25) is 0 Å². The van der Waals surface area contributed by atoms with Crippen molar-refractivity contribution in [2.75, 3.05) is 25.0 Å². The second-order valence-corrected chi connectivity index (χ2v) is 10.9. The van der Waals surface area contributed by atoms with Crippen LogP contribution in [0.1, 0.15) is 67.9 Å². The number of aromatic carboxylic acids is 1. The number of nitrogens with one attached hydrogen (secondary N) is 1. The molecule has 0 aliphatic heterocycles. The number of carbonyl (C=O) groups is 2. The number of halogens is 1. The van der Waals surface area contributed by atoms with Crippen molar-refractivity contribution < 1.29 is 28.6 Å². The summed E-state index contributed by atoms with van der Waals surface area (Å²) in [5.74, 6) is -1.29. The summed E-state index contributed by atoms with van der Waals surface area (Å²) in [6.45, 7) is 9.62. The lowest BCUT2D eigenvalue weighted by atomic mass is 9.94. The molecular formula is C29H39FN2O5. The van der Waals surface area contributed by atoms with Crippen LogP contribution in [0.15, 0.2) is 42.5 Å². The largest absolute Gasteiger partial charge is 0.478 e. The summed E-state index contributed by atoms with van der Waals surface area (Å²) in [6.07, 6.45) is 3.54. The van der Waals surface area contributed by atoms with Gasteiger partial charge in [-0.15, -0.1) is 0 Å². The van der Waals surface area contributed by atoms with E-state index in [4.69, 9.17) is 9.47 Å². The summed E-state index contributed by atoms with van der Waals surface area (Å²) in [5.41, 5.74) is 2.15. The minimum atomic E-state index is -0.940. The van der Waals surface area contributed by atoms with Crippen LogP contribution in [0.3, 0.4) is 0 Å². The van der Waals surface area contributed by atoms with Gasteiger partial charge in [-0.1, -0.05) is 39.0 Å². The predicted octanol–water partition coefficient (Wildman–Crippen LogP) is 6.26. The first-order valence-electron chi connectivity index (χ1n) is 12.9. The Kier molecular flexibility index (Phi) is 10.1. The Hall–Kier alpha value is -2.97. The number of carbonyl (C=O) groups excluding carboxylic acids is 1. The summed E-state index contributed by atoms with van der Waals surface area (Å²) >= 11 is 0. The van der Waals surface area contributed by atoms with Gasteiger partial charge in [0.25, 0.3) is 0 Å². The standard InChI is InChI=1S/C29H39FN2O5/c1-20-7-5-8-21(26(20)27(33)34)18-37-25-10-6-9-24(17-25)36-16-15-32(19-29(2,3)4)28(35)31-23-13-11-22(30)12-14-23/h5,7-8,11-14,24-25H,6,9-10,15-19H2,1-4H3,(H,31,35)(H,33,34). The summed E-state index contributed by atoms with van der Waals surface area (Å²) < 4.78 is 25.5. The fraction of sp³-hybridized carbons (Fsp3) is 0.517. The zero-order chi connectivity index (χ0) is 27.0. The molecule has 1 fully saturated rings. The first-order valence-corrected chi connectivity index (χ1v) is 12.9. The number of carboxylic acids is 1. The van der Waals surface area contributed by atoms with Gasteiger partial charge in [0.05, 0.1) is 31.0 Å². The van der Waals surface area contributed by atoms with E-state index in [0.29, 0.717) is 36.5 Å². The maximum Gasteiger partial charge on any atom is 0.336 e. The Bertz CT molecular complexity index is 1050. The summed E-state index contributed by atoms with van der Waals surface area (Å²) in [4.78, 5) is 26.3. The summed E-state index contributed by atoms with van der Waals surface area (Å²) in [7, 11) is 0. The van der Waals surface area contributed by atoms with Gasteiger partial charge in [0, 0.05) is 18.8 Å². The monoisotopic (exact) mass is 514 g/mol. The highest BCUT2D eigenvalue weighted by Gasteiger charge is 2.26. The minimum Gasteiger partial charge on any atom is -0.478 e. The molecule has 0 saturated heterocycles. The summed E-state index contributed by atoms with van der Waals surface area (Å²) in [6, 6.07) is 10.9. The molecule has 2 N–H and O–H groups in total. The van der Waals surface area contributed by atoms with Crippen LogP contribution in [-0.4, -0.2) is 53.9 Å². The van der Waals surface area contributed by atoms with Gasteiger partial charge in [-0.25, -0.2) is 14.0 Å². The Morgan fingerprint density at radius 2 is 1.76 bits per heavy atom. The Labute approximate surface area is 219 Å². The number of hydrogen-bond donors (Lipinski definition) is 2. The smallest absolute Gasteiger partial charge is 0.336 e. The lowest BCUT2D eigenvalue weighted by molar-refractivity contribution is -0.0528. The first kappa shape index (κ1) is 28.6. The van der Waals surface area contributed by atoms with E-state index in [1.807, 2.05) is 6.07 Å². The number of carboxylic acid groups (broad SMARTS) is 1. The van der Waals surface area contributed by atoms with E-state index in [2.05, 4.69) is 26.1 Å². The lowest BCUT2D eigenvalue weighted by Crippen LogP contribution is -2.43. The molecule has 1 aliphatic carbocycles. The molecule has 8 heteroatoms. The second-order valence-electron chi connectivity index (χ2n) is 10.9. The molecule has 0 spiro atoms. The van der Waals surface area contributed by atoms with Crippen LogP contribution in [-0.2, 0) is 16.1 Å². The molecule has 2 aromatic rings. The van der Waals surface area contributed by atoms with Crippen molar-refractivity contribution >= 4 is 17.7 Å². The summed E-state index contributed by atoms with van der Waals surface area (Å²) in [5, 5.41) is 12.4. The zero-order valence-electron chi connectivity index (χ0n) is 22.3. The molecule has 2 atom stereocenters. The van der Waals surface area contributed by atoms with Crippen molar-refractivity contribution in [3.05, 3.63) is 65.0 Å². The van der Waals surface area contributed by atoms with Gasteiger partial charge in [-0.2, -0.15) is 0 Å². The molecule has 0 radical (unpaired) electrons. The van der Waals surface area contributed by atoms with Crippen LogP contribution in [0, 0.1) is 18.2 Å². The third-order valence-corrected chi connectivity index (χ3v) is 6.39. The number of amides is 2. The quantitative estimate of drug-likeness (QED) is 0.391. The van der Waals surface area contributed by atoms with Gasteiger partial charge >= 0.3 is 12.0 Å². The minimum absolute atomic E-state index is 0.00615. The molecule has 0 aromatic heterocycles. The van der Waals surface area contributed by atoms with Crippen molar-refractivity contribution in [1.82, 2.24) is 4.90 Å². The van der Waals surface area contributed by atoms with Crippen molar-refractivity contribution in [2.45, 2.75) is 72.2 Å². The Morgan fingerprint density at radius 1 is 1.08 bits per heavy atom. The average Bonchev–Trinajstić information content (AvgIpc) is 2.83. The van der Waals surface area contributed by atoms with E-state index >= 15 is 0 Å². The number of hydrogen-bond acceptors (Lipinski definition) is 4. The molecule has 2 unspecified atom stereocenters. The van der Waals surface area contributed by atoms with E-state index in [1.54, 1.807) is 24.0 Å². The maximum absolute atomic E-state index is 13.2. The fourth-order valence-electron chi connectivity index (χ4n) is 4.66. The van der Waals surface area contributed by atoms with E-state index in [-0.39, 0.29) is 36.1 Å². The normalized spacial score (nSPS) is 17.9. The number of aryl methyl sites for hydroxylation is 1. The van der Waals surface area contributed by atoms with Crippen molar-refractivity contribution in [1.29, 1.82) is 0 Å². The highest BCUT2D eigenvalue weighted by atomic mass is 19.1. The molecule has 2 aromatic carbocycles. The topological polar surface area (TPSA) is 88.1 Å². The second kappa shape index (κ2) is 13.0. The fourth-order valence-corrected chi connectivity index (χ4v) is 4.66. The van der Waals surface area contributed by atoms with Crippen LogP contribution in [0.2, 0.25) is 0 Å². The molecular weight excluding hydrogens is 475 g/mol. The SMILES string of the molecule is Cc1cccc(COC2CCCC(OCCN(CC(C)(C)C)C(=O)Nc3ccc(F)cc3)C2)c1C(=O)O. The van der Waals surface area contributed by atoms with Crippen LogP contribution in [0.4, 0.5) is 14.9 Å². The van der Waals surface area contributed by atoms with Gasteiger partial charge in [0.1, 0.15) is 5.82 Å². The number of rotatable bonds is 10. The Balaban J connectivity index is 1.51. The van der Waals surface area contributed by atoms with Crippen LogP contribution in [0.25, 0.3) is 0 Å². The van der Waals surface area contributed by atoms with Crippen LogP contribution < -0.4 is 5.32 Å². The van der Waals surface area contributed by atoms with Gasteiger partial charge in [-0.05, 0) is 73.4 Å². The van der Waals surface area contributed by atoms with Crippen molar-refractivity contribution in [2.24, 2.45) is 5.41 Å². The molecule has 1 aliphatic rings. The predicted molar refractivity (Wildman–Crippen MR) is 141 cm³/mol.